The van der Waals surface area contributed by atoms with Crippen LogP contribution in [0.25, 0.3) is 0 Å². The molecule has 0 amide bonds. The second-order valence-electron chi connectivity index (χ2n) is 10.2. The topological polar surface area (TPSA) is 71.5 Å². The van der Waals surface area contributed by atoms with Gasteiger partial charge in [-0.25, -0.2) is 9.18 Å². The maximum atomic E-state index is 14.5. The number of carboxylic acids is 1. The standard InChI is InChI=1S/C27H37FN2O5S/c1-27(28)10-5-11-30(17-27)14-21-13-22(18-6-7-18)26(36-21)35-20-8-9-24(23(12-20)25(31)32)29(2)19(15-33-3)16-34-4/h8-9,12-13,18-19H,5-7,10-11,14-17H2,1-4H3,(H,31,32). The highest BCUT2D eigenvalue weighted by molar-refractivity contribution is 7.14. The zero-order chi connectivity index (χ0) is 25.9. The number of halogens is 1. The van der Waals surface area contributed by atoms with Gasteiger partial charge in [0.15, 0.2) is 5.06 Å². The van der Waals surface area contributed by atoms with Crippen LogP contribution in [0, 0.1) is 0 Å². The van der Waals surface area contributed by atoms with Crippen LogP contribution >= 0.6 is 11.3 Å². The van der Waals surface area contributed by atoms with Crippen LogP contribution in [0.4, 0.5) is 10.1 Å². The lowest BCUT2D eigenvalue weighted by molar-refractivity contribution is 0.0568. The summed E-state index contributed by atoms with van der Waals surface area (Å²) in [6.45, 7) is 4.55. The predicted molar refractivity (Wildman–Crippen MR) is 140 cm³/mol. The molecule has 2 heterocycles. The molecule has 1 aliphatic heterocycles. The third-order valence-electron chi connectivity index (χ3n) is 6.95. The number of thiophene rings is 1. The minimum Gasteiger partial charge on any atom is -0.478 e. The predicted octanol–water partition coefficient (Wildman–Crippen LogP) is 5.54. The van der Waals surface area contributed by atoms with E-state index in [1.165, 1.54) is 5.56 Å². The molecule has 9 heteroatoms. The number of carbonyl (C=O) groups is 1. The number of likely N-dealkylation sites (tertiary alicyclic amines) is 1. The van der Waals surface area contributed by atoms with Gasteiger partial charge in [-0.2, -0.15) is 0 Å². The number of methoxy groups -OCH3 is 2. The van der Waals surface area contributed by atoms with E-state index in [0.717, 1.165) is 35.7 Å². The highest BCUT2D eigenvalue weighted by Gasteiger charge is 2.33. The zero-order valence-electron chi connectivity index (χ0n) is 21.6. The van der Waals surface area contributed by atoms with Crippen molar-refractivity contribution in [3.8, 4) is 10.8 Å². The lowest BCUT2D eigenvalue weighted by atomic mass is 9.97. The van der Waals surface area contributed by atoms with E-state index in [0.29, 0.717) is 50.1 Å². The Labute approximate surface area is 216 Å². The molecule has 1 unspecified atom stereocenters. The molecule has 4 rings (SSSR count). The lowest BCUT2D eigenvalue weighted by Crippen LogP contribution is -2.42. The number of alkyl halides is 1. The van der Waals surface area contributed by atoms with E-state index in [1.54, 1.807) is 44.6 Å². The lowest BCUT2D eigenvalue weighted by Gasteiger charge is -2.34. The molecular weight excluding hydrogens is 483 g/mol. The van der Waals surface area contributed by atoms with Gasteiger partial charge in [-0.1, -0.05) is 0 Å². The number of likely N-dealkylation sites (N-methyl/N-ethyl adjacent to an activating group) is 1. The Hall–Kier alpha value is -2.20. The van der Waals surface area contributed by atoms with E-state index in [9.17, 15) is 14.3 Å². The van der Waals surface area contributed by atoms with Gasteiger partial charge < -0.3 is 24.2 Å². The summed E-state index contributed by atoms with van der Waals surface area (Å²) >= 11 is 1.58. The van der Waals surface area contributed by atoms with Crippen molar-refractivity contribution in [3.05, 3.63) is 40.3 Å². The molecule has 2 aliphatic rings. The molecule has 1 N–H and O–H groups in total. The van der Waals surface area contributed by atoms with Gasteiger partial charge in [0.2, 0.25) is 0 Å². The summed E-state index contributed by atoms with van der Waals surface area (Å²) in [5, 5.41) is 10.8. The number of rotatable bonds is 12. The average molecular weight is 521 g/mol. The van der Waals surface area contributed by atoms with Crippen LogP contribution in [-0.4, -0.2) is 75.3 Å². The summed E-state index contributed by atoms with van der Waals surface area (Å²) in [6, 6.07) is 7.23. The molecule has 0 spiro atoms. The zero-order valence-corrected chi connectivity index (χ0v) is 22.4. The molecular formula is C27H37FN2O5S. The number of hydrogen-bond donors (Lipinski definition) is 1. The van der Waals surface area contributed by atoms with Crippen molar-refractivity contribution >= 4 is 23.0 Å². The number of carboxylic acid groups (broad SMARTS) is 1. The van der Waals surface area contributed by atoms with Crippen molar-refractivity contribution in [2.45, 2.75) is 56.8 Å². The van der Waals surface area contributed by atoms with Crippen LogP contribution < -0.4 is 9.64 Å². The van der Waals surface area contributed by atoms with Gasteiger partial charge in [0.05, 0.1) is 30.5 Å². The molecule has 1 saturated heterocycles. The van der Waals surface area contributed by atoms with Crippen LogP contribution in [0.2, 0.25) is 0 Å². The highest BCUT2D eigenvalue weighted by atomic mass is 32.1. The van der Waals surface area contributed by atoms with Crippen molar-refractivity contribution in [1.29, 1.82) is 0 Å². The summed E-state index contributed by atoms with van der Waals surface area (Å²) in [5.74, 6) is -0.0558. The van der Waals surface area contributed by atoms with Crippen molar-refractivity contribution < 1.29 is 28.5 Å². The van der Waals surface area contributed by atoms with E-state index < -0.39 is 11.6 Å². The fraction of sp³-hybridized carbons (Fsp3) is 0.593. The minimum atomic E-state index is -1.14. The molecule has 2 fully saturated rings. The molecule has 0 radical (unpaired) electrons. The molecule has 1 saturated carbocycles. The number of benzene rings is 1. The number of hydrogen-bond acceptors (Lipinski definition) is 7. The molecule has 198 valence electrons. The van der Waals surface area contributed by atoms with Crippen molar-refractivity contribution in [2.75, 3.05) is 52.5 Å². The summed E-state index contributed by atoms with van der Waals surface area (Å²) in [7, 11) is 5.06. The highest BCUT2D eigenvalue weighted by Crippen LogP contribution is 2.49. The van der Waals surface area contributed by atoms with Crippen LogP contribution in [0.3, 0.4) is 0 Å². The largest absolute Gasteiger partial charge is 0.478 e. The van der Waals surface area contributed by atoms with Gasteiger partial charge >= 0.3 is 5.97 Å². The molecule has 1 atom stereocenters. The van der Waals surface area contributed by atoms with Gasteiger partial charge in [0.25, 0.3) is 0 Å². The van der Waals surface area contributed by atoms with Crippen LogP contribution in [0.5, 0.6) is 10.8 Å². The Morgan fingerprint density at radius 2 is 2.00 bits per heavy atom. The Morgan fingerprint density at radius 1 is 1.28 bits per heavy atom. The van der Waals surface area contributed by atoms with Crippen LogP contribution in [-0.2, 0) is 16.0 Å². The quantitative estimate of drug-likeness (QED) is 0.394. The Balaban J connectivity index is 1.55. The van der Waals surface area contributed by atoms with Gasteiger partial charge in [0, 0.05) is 44.8 Å². The van der Waals surface area contributed by atoms with Crippen molar-refractivity contribution in [3.63, 3.8) is 0 Å². The van der Waals surface area contributed by atoms with Crippen molar-refractivity contribution in [1.82, 2.24) is 4.90 Å². The average Bonchev–Trinajstić information content (AvgIpc) is 3.59. The fourth-order valence-corrected chi connectivity index (χ4v) is 6.10. The monoisotopic (exact) mass is 520 g/mol. The number of piperidine rings is 1. The first-order chi connectivity index (χ1) is 17.2. The third-order valence-corrected chi connectivity index (χ3v) is 7.97. The number of anilines is 1. The number of nitrogens with zero attached hydrogens (tertiary/aromatic N) is 2. The first-order valence-electron chi connectivity index (χ1n) is 12.5. The molecule has 0 bridgehead atoms. The van der Waals surface area contributed by atoms with Gasteiger partial charge in [0.1, 0.15) is 11.4 Å². The smallest absolute Gasteiger partial charge is 0.337 e. The molecule has 1 aromatic carbocycles. The van der Waals surface area contributed by atoms with Crippen LogP contribution in [0.15, 0.2) is 24.3 Å². The first-order valence-corrected chi connectivity index (χ1v) is 13.3. The fourth-order valence-electron chi connectivity index (χ4n) is 4.95. The number of ether oxygens (including phenoxy) is 3. The minimum absolute atomic E-state index is 0.132. The van der Waals surface area contributed by atoms with Crippen molar-refractivity contribution in [2.24, 2.45) is 0 Å². The summed E-state index contributed by atoms with van der Waals surface area (Å²) < 4.78 is 31.4. The summed E-state index contributed by atoms with van der Waals surface area (Å²) in [4.78, 5) is 17.4. The number of aromatic carboxylic acids is 1. The van der Waals surface area contributed by atoms with Gasteiger partial charge in [-0.3, -0.25) is 4.90 Å². The molecule has 7 nitrogen and oxygen atoms in total. The molecule has 36 heavy (non-hydrogen) atoms. The SMILES string of the molecule is COCC(COC)N(C)c1ccc(Oc2sc(CN3CCCC(C)(F)C3)cc2C2CC2)cc1C(=O)O. The Bertz CT molecular complexity index is 1050. The third kappa shape index (κ3) is 6.56. The summed E-state index contributed by atoms with van der Waals surface area (Å²) in [5.41, 5.74) is 0.769. The molecule has 1 aliphatic carbocycles. The maximum absolute atomic E-state index is 14.5. The van der Waals surface area contributed by atoms with E-state index in [4.69, 9.17) is 14.2 Å². The first kappa shape index (κ1) is 26.9. The van der Waals surface area contributed by atoms with Crippen LogP contribution in [0.1, 0.15) is 59.3 Å². The summed E-state index contributed by atoms with van der Waals surface area (Å²) in [6.07, 6.45) is 3.74. The van der Waals surface area contributed by atoms with Gasteiger partial charge in [-0.15, -0.1) is 11.3 Å². The van der Waals surface area contributed by atoms with E-state index >= 15 is 0 Å². The maximum Gasteiger partial charge on any atom is 0.337 e. The van der Waals surface area contributed by atoms with E-state index in [-0.39, 0.29) is 11.6 Å². The van der Waals surface area contributed by atoms with Gasteiger partial charge in [-0.05, 0) is 69.3 Å². The van der Waals surface area contributed by atoms with E-state index in [2.05, 4.69) is 11.0 Å². The van der Waals surface area contributed by atoms with E-state index in [1.807, 2.05) is 18.0 Å². The molecule has 1 aromatic heterocycles. The second-order valence-corrected chi connectivity index (χ2v) is 11.3. The Kier molecular flexibility index (Phi) is 8.55. The normalized spacial score (nSPS) is 20.6. The second kappa shape index (κ2) is 11.5. The Morgan fingerprint density at radius 3 is 2.61 bits per heavy atom. The molecule has 2 aromatic rings.